The SMILES string of the molecule is COc1ccccc1CN(C)C(=O)COC(=O)c1ccccc1[N+](=O)[O-]. The van der Waals surface area contributed by atoms with Gasteiger partial charge in [0.25, 0.3) is 11.6 Å². The van der Waals surface area contributed by atoms with Gasteiger partial charge in [0, 0.05) is 25.2 Å². The van der Waals surface area contributed by atoms with E-state index in [0.29, 0.717) is 5.75 Å². The Kier molecular flexibility index (Phi) is 6.26. The molecule has 8 heteroatoms. The number of nitrogens with zero attached hydrogens (tertiary/aromatic N) is 2. The van der Waals surface area contributed by atoms with Gasteiger partial charge in [-0.05, 0) is 12.1 Å². The van der Waals surface area contributed by atoms with Crippen LogP contribution in [-0.4, -0.2) is 42.5 Å². The molecule has 0 saturated carbocycles. The molecule has 26 heavy (non-hydrogen) atoms. The van der Waals surface area contributed by atoms with Crippen LogP contribution in [0.4, 0.5) is 5.69 Å². The molecule has 0 atom stereocenters. The van der Waals surface area contributed by atoms with Crippen molar-refractivity contribution < 1.29 is 24.0 Å². The molecule has 0 aliphatic rings. The Morgan fingerprint density at radius 3 is 2.46 bits per heavy atom. The molecule has 2 aromatic rings. The van der Waals surface area contributed by atoms with Gasteiger partial charge < -0.3 is 14.4 Å². The van der Waals surface area contributed by atoms with Crippen molar-refractivity contribution in [2.24, 2.45) is 0 Å². The van der Waals surface area contributed by atoms with E-state index in [-0.39, 0.29) is 17.8 Å². The molecule has 0 unspecified atom stereocenters. The Bertz CT molecular complexity index is 821. The van der Waals surface area contributed by atoms with Crippen LogP contribution in [0.2, 0.25) is 0 Å². The molecule has 1 amide bonds. The second kappa shape index (κ2) is 8.61. The number of carbonyl (C=O) groups excluding carboxylic acids is 2. The predicted molar refractivity (Wildman–Crippen MR) is 92.8 cm³/mol. The number of rotatable bonds is 7. The predicted octanol–water partition coefficient (Wildman–Crippen LogP) is 2.42. The highest BCUT2D eigenvalue weighted by Crippen LogP contribution is 2.20. The van der Waals surface area contributed by atoms with Gasteiger partial charge in [0.15, 0.2) is 6.61 Å². The molecule has 0 aliphatic heterocycles. The molecule has 8 nitrogen and oxygen atoms in total. The smallest absolute Gasteiger partial charge is 0.345 e. The Morgan fingerprint density at radius 1 is 1.12 bits per heavy atom. The molecular formula is C18H18N2O6. The fourth-order valence-electron chi connectivity index (χ4n) is 2.30. The van der Waals surface area contributed by atoms with Crippen molar-refractivity contribution in [3.63, 3.8) is 0 Å². The number of likely N-dealkylation sites (N-methyl/N-ethyl adjacent to an activating group) is 1. The molecule has 136 valence electrons. The lowest BCUT2D eigenvalue weighted by Gasteiger charge is -2.18. The van der Waals surface area contributed by atoms with Gasteiger partial charge in [-0.2, -0.15) is 0 Å². The number of hydrogen-bond donors (Lipinski definition) is 0. The first-order valence-electron chi connectivity index (χ1n) is 7.70. The van der Waals surface area contributed by atoms with Crippen LogP contribution < -0.4 is 4.74 Å². The molecule has 0 aromatic heterocycles. The highest BCUT2D eigenvalue weighted by molar-refractivity contribution is 5.95. The van der Waals surface area contributed by atoms with Crippen LogP contribution in [0.15, 0.2) is 48.5 Å². The summed E-state index contributed by atoms with van der Waals surface area (Å²) in [7, 11) is 3.10. The fourth-order valence-corrected chi connectivity index (χ4v) is 2.30. The fraction of sp³-hybridized carbons (Fsp3) is 0.222. The van der Waals surface area contributed by atoms with E-state index < -0.39 is 23.4 Å². The summed E-state index contributed by atoms with van der Waals surface area (Å²) in [5.74, 6) is -0.719. The third kappa shape index (κ3) is 4.56. The molecule has 0 bridgehead atoms. The van der Waals surface area contributed by atoms with Gasteiger partial charge in [-0.1, -0.05) is 30.3 Å². The summed E-state index contributed by atoms with van der Waals surface area (Å²) in [4.78, 5) is 35.9. The van der Waals surface area contributed by atoms with E-state index >= 15 is 0 Å². The minimum atomic E-state index is -0.920. The maximum Gasteiger partial charge on any atom is 0.345 e. The first-order valence-corrected chi connectivity index (χ1v) is 7.70. The minimum absolute atomic E-state index is 0.197. The lowest BCUT2D eigenvalue weighted by Crippen LogP contribution is -2.31. The topological polar surface area (TPSA) is 99.0 Å². The molecule has 0 N–H and O–H groups in total. The van der Waals surface area contributed by atoms with Crippen LogP contribution in [0.5, 0.6) is 5.75 Å². The van der Waals surface area contributed by atoms with Crippen LogP contribution in [0, 0.1) is 10.1 Å². The second-order valence-electron chi connectivity index (χ2n) is 5.41. The van der Waals surface area contributed by atoms with Gasteiger partial charge in [-0.15, -0.1) is 0 Å². The van der Waals surface area contributed by atoms with Crippen molar-refractivity contribution in [1.82, 2.24) is 4.90 Å². The monoisotopic (exact) mass is 358 g/mol. The van der Waals surface area contributed by atoms with Crippen molar-refractivity contribution in [2.45, 2.75) is 6.54 Å². The van der Waals surface area contributed by atoms with Crippen LogP contribution in [0.1, 0.15) is 15.9 Å². The molecule has 2 aromatic carbocycles. The quantitative estimate of drug-likeness (QED) is 0.428. The van der Waals surface area contributed by atoms with Gasteiger partial charge in [0.1, 0.15) is 11.3 Å². The third-order valence-corrected chi connectivity index (χ3v) is 3.67. The van der Waals surface area contributed by atoms with Gasteiger partial charge in [0.05, 0.1) is 12.0 Å². The Balaban J connectivity index is 1.98. The number of methoxy groups -OCH3 is 1. The number of esters is 1. The summed E-state index contributed by atoms with van der Waals surface area (Å²) in [6.45, 7) is -0.248. The van der Waals surface area contributed by atoms with Crippen LogP contribution in [0.25, 0.3) is 0 Å². The van der Waals surface area contributed by atoms with E-state index in [2.05, 4.69) is 0 Å². The highest BCUT2D eigenvalue weighted by atomic mass is 16.6. The average molecular weight is 358 g/mol. The molecule has 2 rings (SSSR count). The number of nitro groups is 1. The maximum absolute atomic E-state index is 12.2. The summed E-state index contributed by atoms with van der Waals surface area (Å²) in [5.41, 5.74) is 0.237. The molecule has 0 saturated heterocycles. The first-order chi connectivity index (χ1) is 12.4. The lowest BCUT2D eigenvalue weighted by molar-refractivity contribution is -0.385. The molecule has 0 fully saturated rings. The maximum atomic E-state index is 12.2. The molecule has 0 aliphatic carbocycles. The Morgan fingerprint density at radius 2 is 1.77 bits per heavy atom. The van der Waals surface area contributed by atoms with Gasteiger partial charge in [-0.25, -0.2) is 4.79 Å². The average Bonchev–Trinajstić information content (AvgIpc) is 2.66. The Labute approximate surface area is 150 Å². The number of benzene rings is 2. The molecular weight excluding hydrogens is 340 g/mol. The summed E-state index contributed by atoms with van der Waals surface area (Å²) in [6, 6.07) is 12.7. The van der Waals surface area contributed by atoms with Gasteiger partial charge in [-0.3, -0.25) is 14.9 Å². The van der Waals surface area contributed by atoms with E-state index in [1.54, 1.807) is 13.1 Å². The van der Waals surface area contributed by atoms with Crippen molar-refractivity contribution in [3.05, 3.63) is 69.8 Å². The van der Waals surface area contributed by atoms with E-state index in [9.17, 15) is 19.7 Å². The van der Waals surface area contributed by atoms with E-state index in [0.717, 1.165) is 5.56 Å². The minimum Gasteiger partial charge on any atom is -0.496 e. The number of ether oxygens (including phenoxy) is 2. The van der Waals surface area contributed by atoms with Crippen molar-refractivity contribution in [2.75, 3.05) is 20.8 Å². The summed E-state index contributed by atoms with van der Waals surface area (Å²) in [5, 5.41) is 10.9. The van der Waals surface area contributed by atoms with E-state index in [1.807, 2.05) is 18.2 Å². The van der Waals surface area contributed by atoms with Crippen LogP contribution in [-0.2, 0) is 16.1 Å². The zero-order valence-corrected chi connectivity index (χ0v) is 14.4. The molecule has 0 spiro atoms. The molecule has 0 heterocycles. The summed E-state index contributed by atoms with van der Waals surface area (Å²) in [6.07, 6.45) is 0. The summed E-state index contributed by atoms with van der Waals surface area (Å²) < 4.78 is 10.2. The number of amides is 1. The summed E-state index contributed by atoms with van der Waals surface area (Å²) >= 11 is 0. The first kappa shape index (κ1) is 18.9. The van der Waals surface area contributed by atoms with Crippen LogP contribution >= 0.6 is 0 Å². The zero-order chi connectivity index (χ0) is 19.1. The van der Waals surface area contributed by atoms with Crippen molar-refractivity contribution in [1.29, 1.82) is 0 Å². The molecule has 0 radical (unpaired) electrons. The number of nitro benzene ring substituents is 1. The van der Waals surface area contributed by atoms with Crippen molar-refractivity contribution >= 4 is 17.6 Å². The van der Waals surface area contributed by atoms with Crippen molar-refractivity contribution in [3.8, 4) is 5.75 Å². The lowest BCUT2D eigenvalue weighted by atomic mass is 10.2. The Hall–Kier alpha value is -3.42. The van der Waals surface area contributed by atoms with Crippen LogP contribution in [0.3, 0.4) is 0 Å². The third-order valence-electron chi connectivity index (χ3n) is 3.67. The van der Waals surface area contributed by atoms with Gasteiger partial charge in [0.2, 0.25) is 0 Å². The number of hydrogen-bond acceptors (Lipinski definition) is 6. The highest BCUT2D eigenvalue weighted by Gasteiger charge is 2.22. The van der Waals surface area contributed by atoms with E-state index in [1.165, 1.54) is 36.3 Å². The standard InChI is InChI=1S/C18H18N2O6/c1-19(11-13-7-3-6-10-16(13)25-2)17(21)12-26-18(22)14-8-4-5-9-15(14)20(23)24/h3-10H,11-12H2,1-2H3. The van der Waals surface area contributed by atoms with E-state index in [4.69, 9.17) is 9.47 Å². The second-order valence-corrected chi connectivity index (χ2v) is 5.41. The normalized spacial score (nSPS) is 10.1. The number of carbonyl (C=O) groups is 2. The largest absolute Gasteiger partial charge is 0.496 e. The number of para-hydroxylation sites is 2. The zero-order valence-electron chi connectivity index (χ0n) is 14.4. The van der Waals surface area contributed by atoms with Gasteiger partial charge >= 0.3 is 5.97 Å².